The van der Waals surface area contributed by atoms with Gasteiger partial charge in [0.2, 0.25) is 0 Å². The van der Waals surface area contributed by atoms with Crippen molar-refractivity contribution in [3.8, 4) is 11.5 Å². The van der Waals surface area contributed by atoms with Gasteiger partial charge >= 0.3 is 5.97 Å². The van der Waals surface area contributed by atoms with Crippen LogP contribution in [0.25, 0.3) is 11.5 Å². The van der Waals surface area contributed by atoms with E-state index in [-0.39, 0.29) is 12.1 Å². The summed E-state index contributed by atoms with van der Waals surface area (Å²) < 4.78 is 24.6. The molecule has 0 saturated heterocycles. The zero-order valence-electron chi connectivity index (χ0n) is 19.2. The van der Waals surface area contributed by atoms with Crippen molar-refractivity contribution >= 4 is 17.0 Å². The van der Waals surface area contributed by atoms with E-state index in [0.717, 1.165) is 56.5 Å². The Bertz CT molecular complexity index is 966. The van der Waals surface area contributed by atoms with Crippen molar-refractivity contribution in [2.24, 2.45) is 5.92 Å². The van der Waals surface area contributed by atoms with E-state index in [2.05, 4.69) is 17.3 Å². The summed E-state index contributed by atoms with van der Waals surface area (Å²) in [6.07, 6.45) is 8.17. The molecule has 7 nitrogen and oxygen atoms in total. The fraction of sp³-hybridized carbons (Fsp3) is 0.625. The summed E-state index contributed by atoms with van der Waals surface area (Å²) in [5, 5.41) is 4.29. The van der Waals surface area contributed by atoms with Crippen molar-refractivity contribution in [3.63, 3.8) is 0 Å². The van der Waals surface area contributed by atoms with E-state index in [0.29, 0.717) is 30.7 Å². The molecule has 1 atom stereocenters. The predicted molar refractivity (Wildman–Crippen MR) is 123 cm³/mol. The van der Waals surface area contributed by atoms with Crippen molar-refractivity contribution in [2.45, 2.75) is 77.4 Å². The van der Waals surface area contributed by atoms with Crippen LogP contribution in [-0.4, -0.2) is 43.5 Å². The van der Waals surface area contributed by atoms with Crippen molar-refractivity contribution in [1.29, 1.82) is 0 Å². The van der Waals surface area contributed by atoms with Crippen LogP contribution in [0.15, 0.2) is 22.7 Å². The molecule has 2 aliphatic rings. The number of benzene rings is 1. The third-order valence-corrected chi connectivity index (χ3v) is 7.61. The molecule has 174 valence electrons. The molecule has 32 heavy (non-hydrogen) atoms. The average Bonchev–Trinajstić information content (AvgIpc) is 3.27. The Hall–Kier alpha value is -2.06. The number of hydrogen-bond acceptors (Lipinski definition) is 6. The van der Waals surface area contributed by atoms with Gasteiger partial charge in [0.1, 0.15) is 0 Å². The molecule has 1 aromatic heterocycles. The first-order valence-electron chi connectivity index (χ1n) is 11.6. The summed E-state index contributed by atoms with van der Waals surface area (Å²) in [4.78, 5) is 16.5. The van der Waals surface area contributed by atoms with E-state index in [1.165, 1.54) is 11.1 Å². The highest BCUT2D eigenvalue weighted by Gasteiger charge is 2.27. The van der Waals surface area contributed by atoms with Crippen LogP contribution < -0.4 is 0 Å². The van der Waals surface area contributed by atoms with E-state index in [4.69, 9.17) is 14.2 Å². The lowest BCUT2D eigenvalue weighted by Gasteiger charge is -2.26. The Balaban J connectivity index is 1.32. The Morgan fingerprint density at radius 2 is 2.03 bits per heavy atom. The van der Waals surface area contributed by atoms with Gasteiger partial charge in [-0.2, -0.15) is 4.98 Å². The van der Waals surface area contributed by atoms with E-state index < -0.39 is 11.0 Å². The van der Waals surface area contributed by atoms with Gasteiger partial charge < -0.3 is 9.26 Å². The topological polar surface area (TPSA) is 85.5 Å². The van der Waals surface area contributed by atoms with Crippen LogP contribution in [0.1, 0.15) is 75.2 Å². The molecule has 0 radical (unpaired) electrons. The molecule has 8 heteroatoms. The van der Waals surface area contributed by atoms with Gasteiger partial charge in [0, 0.05) is 37.2 Å². The van der Waals surface area contributed by atoms with Crippen LogP contribution in [0, 0.1) is 5.92 Å². The van der Waals surface area contributed by atoms with Crippen LogP contribution >= 0.6 is 0 Å². The molecule has 1 aromatic carbocycles. The molecule has 0 N–H and O–H groups in total. The Labute approximate surface area is 192 Å². The first kappa shape index (κ1) is 23.1. The molecule has 2 heterocycles. The Kier molecular flexibility index (Phi) is 7.40. The third-order valence-electron chi connectivity index (χ3n) is 6.57. The van der Waals surface area contributed by atoms with Crippen molar-refractivity contribution in [2.75, 3.05) is 12.8 Å². The van der Waals surface area contributed by atoms with Crippen LogP contribution in [0.4, 0.5) is 0 Å². The van der Waals surface area contributed by atoms with Gasteiger partial charge in [0.25, 0.3) is 5.89 Å². The van der Waals surface area contributed by atoms with Crippen LogP contribution in [-0.2, 0) is 33.5 Å². The van der Waals surface area contributed by atoms with Crippen molar-refractivity contribution < 1.29 is 18.3 Å². The molecule has 0 bridgehead atoms. The molecule has 1 aliphatic heterocycles. The summed E-state index contributed by atoms with van der Waals surface area (Å²) in [5.74, 6) is 2.16. The van der Waals surface area contributed by atoms with Crippen molar-refractivity contribution in [1.82, 2.24) is 14.4 Å². The standard InChI is InChI=1S/C24H33N3O4S/c1-16(2)30-22(28)11-6-17-4-7-18(8-5-17)23-25-24(31-26-23)20-9-10-21-15-27(32(3)29)13-12-19(21)14-20/h9-10,14,16-18H,4-8,11-13,15H2,1-3H3. The first-order valence-corrected chi connectivity index (χ1v) is 13.1. The Morgan fingerprint density at radius 3 is 2.75 bits per heavy atom. The average molecular weight is 460 g/mol. The molecule has 0 spiro atoms. The highest BCUT2D eigenvalue weighted by Crippen LogP contribution is 2.37. The molecule has 4 rings (SSSR count). The van der Waals surface area contributed by atoms with Crippen LogP contribution in [0.3, 0.4) is 0 Å². The number of fused-ring (bicyclic) bond motifs is 1. The summed E-state index contributed by atoms with van der Waals surface area (Å²) in [5.41, 5.74) is 3.43. The first-order chi connectivity index (χ1) is 15.4. The maximum Gasteiger partial charge on any atom is 0.306 e. The number of carbonyl (C=O) groups is 1. The zero-order valence-corrected chi connectivity index (χ0v) is 20.0. The van der Waals surface area contributed by atoms with Gasteiger partial charge in [0.15, 0.2) is 5.82 Å². The molecular weight excluding hydrogens is 426 g/mol. The smallest absolute Gasteiger partial charge is 0.306 e. The molecular formula is C24H33N3O4S. The maximum atomic E-state index is 11.8. The highest BCUT2D eigenvalue weighted by atomic mass is 32.2. The summed E-state index contributed by atoms with van der Waals surface area (Å²) in [7, 11) is -0.940. The number of hydrogen-bond donors (Lipinski definition) is 0. The van der Waals surface area contributed by atoms with Crippen molar-refractivity contribution in [3.05, 3.63) is 35.2 Å². The van der Waals surface area contributed by atoms with Gasteiger partial charge in [-0.15, -0.1) is 0 Å². The number of rotatable bonds is 7. The van der Waals surface area contributed by atoms with Crippen LogP contribution in [0.5, 0.6) is 0 Å². The third kappa shape index (κ3) is 5.64. The molecule has 1 fully saturated rings. The molecule has 0 amide bonds. The second-order valence-corrected chi connectivity index (χ2v) is 10.6. The minimum absolute atomic E-state index is 0.0441. The normalized spacial score (nSPS) is 22.5. The largest absolute Gasteiger partial charge is 0.463 e. The fourth-order valence-corrected chi connectivity index (χ4v) is 5.42. The highest BCUT2D eigenvalue weighted by molar-refractivity contribution is 7.81. The summed E-state index contributed by atoms with van der Waals surface area (Å²) in [6, 6.07) is 6.24. The van der Waals surface area contributed by atoms with Gasteiger partial charge in [-0.1, -0.05) is 11.2 Å². The minimum Gasteiger partial charge on any atom is -0.463 e. The number of aromatic nitrogens is 2. The van der Waals surface area contributed by atoms with E-state index >= 15 is 0 Å². The summed E-state index contributed by atoms with van der Waals surface area (Å²) >= 11 is 0. The van der Waals surface area contributed by atoms with Crippen LogP contribution in [0.2, 0.25) is 0 Å². The maximum absolute atomic E-state index is 11.8. The quantitative estimate of drug-likeness (QED) is 0.571. The number of esters is 1. The molecule has 1 saturated carbocycles. The lowest BCUT2D eigenvalue weighted by molar-refractivity contribution is -0.147. The number of ether oxygens (including phenoxy) is 1. The lowest BCUT2D eigenvalue weighted by Crippen LogP contribution is -2.31. The number of carbonyl (C=O) groups excluding carboxylic acids is 1. The van der Waals surface area contributed by atoms with E-state index in [9.17, 15) is 9.00 Å². The van der Waals surface area contributed by atoms with Gasteiger partial charge in [0.05, 0.1) is 17.1 Å². The summed E-state index contributed by atoms with van der Waals surface area (Å²) in [6.45, 7) is 5.28. The zero-order chi connectivity index (χ0) is 22.7. The second kappa shape index (κ2) is 10.3. The molecule has 1 aliphatic carbocycles. The number of nitrogens with zero attached hydrogens (tertiary/aromatic N) is 3. The SMILES string of the molecule is CC(C)OC(=O)CCC1CCC(c2noc(-c3ccc4c(c3)CCN(S(C)=O)C4)n2)CC1. The fourth-order valence-electron chi connectivity index (χ4n) is 4.75. The molecule has 1 unspecified atom stereocenters. The van der Waals surface area contributed by atoms with Gasteiger partial charge in [-0.25, -0.2) is 8.51 Å². The predicted octanol–water partition coefficient (Wildman–Crippen LogP) is 4.39. The minimum atomic E-state index is -0.940. The molecule has 2 aromatic rings. The van der Waals surface area contributed by atoms with Gasteiger partial charge in [-0.3, -0.25) is 4.79 Å². The van der Waals surface area contributed by atoms with E-state index in [1.807, 2.05) is 24.2 Å². The lowest BCUT2D eigenvalue weighted by atomic mass is 9.80. The van der Waals surface area contributed by atoms with E-state index in [1.54, 1.807) is 6.26 Å². The van der Waals surface area contributed by atoms with Gasteiger partial charge in [-0.05, 0) is 81.5 Å². The Morgan fingerprint density at radius 1 is 1.25 bits per heavy atom. The monoisotopic (exact) mass is 459 g/mol. The second-order valence-electron chi connectivity index (χ2n) is 9.27.